The summed E-state index contributed by atoms with van der Waals surface area (Å²) in [4.78, 5) is 15.3. The third-order valence-corrected chi connectivity index (χ3v) is 6.51. The first-order valence-electron chi connectivity index (χ1n) is 8.53. The third-order valence-electron chi connectivity index (χ3n) is 6.51. The van der Waals surface area contributed by atoms with Gasteiger partial charge in [0, 0.05) is 6.54 Å². The van der Waals surface area contributed by atoms with Crippen molar-refractivity contribution in [3.8, 4) is 0 Å². The van der Waals surface area contributed by atoms with E-state index in [1.165, 1.54) is 19.3 Å². The van der Waals surface area contributed by atoms with Crippen LogP contribution in [0.15, 0.2) is 0 Å². The molecule has 118 valence electrons. The molecule has 4 saturated carbocycles. The molecule has 5 fully saturated rings. The van der Waals surface area contributed by atoms with Gasteiger partial charge in [-0.1, -0.05) is 6.92 Å². The Kier molecular flexibility index (Phi) is 3.13. The highest BCUT2D eigenvalue weighted by Crippen LogP contribution is 2.65. The summed E-state index contributed by atoms with van der Waals surface area (Å²) in [5, 5.41) is 9.57. The molecule has 5 rings (SSSR count). The topological polar surface area (TPSA) is 49.8 Å². The van der Waals surface area contributed by atoms with Gasteiger partial charge in [0.25, 0.3) is 0 Å². The van der Waals surface area contributed by atoms with Crippen LogP contribution >= 0.6 is 0 Å². The number of nitrogens with zero attached hydrogens (tertiary/aromatic N) is 1. The molecule has 1 amide bonds. The van der Waals surface area contributed by atoms with Gasteiger partial charge >= 0.3 is 0 Å². The van der Waals surface area contributed by atoms with Gasteiger partial charge in [0.15, 0.2) is 0 Å². The van der Waals surface area contributed by atoms with Gasteiger partial charge in [-0.15, -0.1) is 0 Å². The number of aliphatic hydroxyl groups is 1. The lowest BCUT2D eigenvalue weighted by Gasteiger charge is -2.61. The molecule has 0 spiro atoms. The van der Waals surface area contributed by atoms with Crippen LogP contribution in [0.2, 0.25) is 0 Å². The molecule has 4 nitrogen and oxygen atoms in total. The Morgan fingerprint density at radius 1 is 1.29 bits per heavy atom. The first-order chi connectivity index (χ1) is 10.0. The lowest BCUT2D eigenvalue weighted by molar-refractivity contribution is -0.174. The summed E-state index contributed by atoms with van der Waals surface area (Å²) in [5.41, 5.74) is 0.268. The molecular formula is C17H27NO3. The van der Waals surface area contributed by atoms with E-state index in [4.69, 9.17) is 4.74 Å². The SMILES string of the molecule is CC12CC3CC(C1)CC(C(=O)N1CCOCC1CO)(C3)C2. The third kappa shape index (κ3) is 2.14. The number of aliphatic hydroxyl groups excluding tert-OH is 1. The van der Waals surface area contributed by atoms with Gasteiger partial charge in [-0.3, -0.25) is 4.79 Å². The minimum Gasteiger partial charge on any atom is -0.394 e. The zero-order valence-electron chi connectivity index (χ0n) is 13.0. The largest absolute Gasteiger partial charge is 0.394 e. The van der Waals surface area contributed by atoms with E-state index in [1.807, 2.05) is 4.90 Å². The Morgan fingerprint density at radius 2 is 2.00 bits per heavy atom. The van der Waals surface area contributed by atoms with Crippen molar-refractivity contribution in [2.45, 2.75) is 51.5 Å². The van der Waals surface area contributed by atoms with E-state index < -0.39 is 0 Å². The Balaban J connectivity index is 1.61. The Hall–Kier alpha value is -0.610. The standard InChI is InChI=1S/C17H27NO3/c1-16-5-12-4-13(6-16)8-17(7-12,11-16)15(20)18-2-3-21-10-14(18)9-19/h12-14,19H,2-11H2,1H3. The van der Waals surface area contributed by atoms with Gasteiger partial charge < -0.3 is 14.7 Å². The van der Waals surface area contributed by atoms with Crippen molar-refractivity contribution >= 4 is 5.91 Å². The lowest BCUT2D eigenvalue weighted by Crippen LogP contribution is -2.61. The molecule has 4 aliphatic carbocycles. The molecular weight excluding hydrogens is 266 g/mol. The van der Waals surface area contributed by atoms with Gasteiger partial charge in [-0.25, -0.2) is 0 Å². The van der Waals surface area contributed by atoms with Crippen LogP contribution in [0.4, 0.5) is 0 Å². The minimum absolute atomic E-state index is 0.0198. The van der Waals surface area contributed by atoms with Gasteiger partial charge in [0.05, 0.1) is 31.3 Å². The average Bonchev–Trinajstić information content (AvgIpc) is 2.44. The second kappa shape index (κ2) is 4.69. The quantitative estimate of drug-likeness (QED) is 0.845. The van der Waals surface area contributed by atoms with E-state index in [-0.39, 0.29) is 18.1 Å². The second-order valence-electron chi connectivity index (χ2n) is 8.46. The van der Waals surface area contributed by atoms with E-state index >= 15 is 0 Å². The van der Waals surface area contributed by atoms with E-state index in [2.05, 4.69) is 6.92 Å². The number of hydrogen-bond donors (Lipinski definition) is 1. The normalized spacial score (nSPS) is 48.7. The van der Waals surface area contributed by atoms with E-state index in [0.29, 0.717) is 31.1 Å². The average molecular weight is 293 g/mol. The number of amides is 1. The predicted molar refractivity (Wildman–Crippen MR) is 78.6 cm³/mol. The summed E-state index contributed by atoms with van der Waals surface area (Å²) in [6, 6.07) is -0.132. The fourth-order valence-electron chi connectivity index (χ4n) is 6.35. The molecule has 3 atom stereocenters. The Labute approximate surface area is 126 Å². The Bertz CT molecular complexity index is 435. The molecule has 0 aromatic heterocycles. The highest BCUT2D eigenvalue weighted by molar-refractivity contribution is 5.84. The number of hydrogen-bond acceptors (Lipinski definition) is 3. The molecule has 1 N–H and O–H groups in total. The number of carbonyl (C=O) groups is 1. The van der Waals surface area contributed by atoms with Crippen molar-refractivity contribution in [1.82, 2.24) is 4.90 Å². The number of carbonyl (C=O) groups excluding carboxylic acids is 1. The Morgan fingerprint density at radius 3 is 2.62 bits per heavy atom. The van der Waals surface area contributed by atoms with Gasteiger partial charge in [0.2, 0.25) is 5.91 Å². The molecule has 1 heterocycles. The highest BCUT2D eigenvalue weighted by atomic mass is 16.5. The summed E-state index contributed by atoms with van der Waals surface area (Å²) in [7, 11) is 0. The van der Waals surface area contributed by atoms with Crippen molar-refractivity contribution in [3.63, 3.8) is 0 Å². The van der Waals surface area contributed by atoms with Crippen LogP contribution < -0.4 is 0 Å². The van der Waals surface area contributed by atoms with Gasteiger partial charge in [0.1, 0.15) is 0 Å². The van der Waals surface area contributed by atoms with Crippen molar-refractivity contribution in [2.24, 2.45) is 22.7 Å². The molecule has 0 aromatic carbocycles. The fraction of sp³-hybridized carbons (Fsp3) is 0.941. The monoisotopic (exact) mass is 293 g/mol. The van der Waals surface area contributed by atoms with Crippen molar-refractivity contribution in [3.05, 3.63) is 0 Å². The fourth-order valence-corrected chi connectivity index (χ4v) is 6.35. The number of rotatable bonds is 2. The molecule has 21 heavy (non-hydrogen) atoms. The van der Waals surface area contributed by atoms with Crippen LogP contribution in [0.25, 0.3) is 0 Å². The second-order valence-corrected chi connectivity index (χ2v) is 8.46. The van der Waals surface area contributed by atoms with Gasteiger partial charge in [-0.05, 0) is 55.8 Å². The molecule has 5 aliphatic rings. The van der Waals surface area contributed by atoms with Crippen molar-refractivity contribution < 1.29 is 14.6 Å². The molecule has 4 bridgehead atoms. The first-order valence-corrected chi connectivity index (χ1v) is 8.53. The van der Waals surface area contributed by atoms with Crippen LogP contribution in [0, 0.1) is 22.7 Å². The van der Waals surface area contributed by atoms with Gasteiger partial charge in [-0.2, -0.15) is 0 Å². The van der Waals surface area contributed by atoms with E-state index in [9.17, 15) is 9.90 Å². The van der Waals surface area contributed by atoms with Crippen LogP contribution in [0.3, 0.4) is 0 Å². The first kappa shape index (κ1) is 14.0. The zero-order chi connectivity index (χ0) is 14.7. The summed E-state index contributed by atoms with van der Waals surface area (Å²) < 4.78 is 5.44. The number of morpholine rings is 1. The minimum atomic E-state index is -0.132. The zero-order valence-corrected chi connectivity index (χ0v) is 13.0. The molecule has 1 aliphatic heterocycles. The maximum Gasteiger partial charge on any atom is 0.229 e. The van der Waals surface area contributed by atoms with Crippen LogP contribution in [0.5, 0.6) is 0 Å². The summed E-state index contributed by atoms with van der Waals surface area (Å²) in [5.74, 6) is 1.84. The van der Waals surface area contributed by atoms with Crippen LogP contribution in [0.1, 0.15) is 45.4 Å². The molecule has 0 radical (unpaired) electrons. The molecule has 0 aromatic rings. The molecule has 3 unspecified atom stereocenters. The van der Waals surface area contributed by atoms with Crippen molar-refractivity contribution in [2.75, 3.05) is 26.4 Å². The summed E-state index contributed by atoms with van der Waals surface area (Å²) in [6.45, 7) is 4.17. The lowest BCUT2D eigenvalue weighted by atomic mass is 9.44. The van der Waals surface area contributed by atoms with Crippen molar-refractivity contribution in [1.29, 1.82) is 0 Å². The van der Waals surface area contributed by atoms with E-state index in [1.54, 1.807) is 0 Å². The van der Waals surface area contributed by atoms with E-state index in [0.717, 1.165) is 31.1 Å². The maximum atomic E-state index is 13.3. The molecule has 4 heteroatoms. The highest BCUT2D eigenvalue weighted by Gasteiger charge is 2.60. The summed E-state index contributed by atoms with van der Waals surface area (Å²) in [6.07, 6.45) is 7.25. The van der Waals surface area contributed by atoms with Crippen LogP contribution in [-0.2, 0) is 9.53 Å². The summed E-state index contributed by atoms with van der Waals surface area (Å²) >= 11 is 0. The number of ether oxygens (including phenoxy) is 1. The van der Waals surface area contributed by atoms with Crippen LogP contribution in [-0.4, -0.2) is 48.3 Å². The smallest absolute Gasteiger partial charge is 0.229 e. The predicted octanol–water partition coefficient (Wildman–Crippen LogP) is 1.81. The molecule has 1 saturated heterocycles. The maximum absolute atomic E-state index is 13.3.